The molecule has 2 saturated heterocycles. The summed E-state index contributed by atoms with van der Waals surface area (Å²) < 4.78 is 35.6. The standard InChI is InChI=1S/C29H38F2N4O3/c1-3-29(31,4-2)19-34-14-11-20(12-15-34)18-38-22-8-10-25(33-17-22)21-7-9-23(24(30)16-21)28(37)35-13-5-6-26(35)27(32)36/h7-10,16-17,20,26H,3-6,11-15,18-19H2,1-2H3,(H2,32,36). The predicted octanol–water partition coefficient (Wildman–Crippen LogP) is 4.60. The van der Waals surface area contributed by atoms with Gasteiger partial charge in [0, 0.05) is 18.7 Å². The summed E-state index contributed by atoms with van der Waals surface area (Å²) in [5, 5.41) is 0. The summed E-state index contributed by atoms with van der Waals surface area (Å²) in [6, 6.07) is 7.22. The van der Waals surface area contributed by atoms with Crippen LogP contribution in [0.3, 0.4) is 0 Å². The van der Waals surface area contributed by atoms with Crippen LogP contribution in [0.15, 0.2) is 36.5 Å². The van der Waals surface area contributed by atoms with Gasteiger partial charge >= 0.3 is 0 Å². The number of halogens is 2. The van der Waals surface area contributed by atoms with Crippen LogP contribution < -0.4 is 10.5 Å². The maximum Gasteiger partial charge on any atom is 0.257 e. The summed E-state index contributed by atoms with van der Waals surface area (Å²) in [5.41, 5.74) is 5.30. The summed E-state index contributed by atoms with van der Waals surface area (Å²) in [6.45, 7) is 7.03. The number of rotatable bonds is 10. The van der Waals surface area contributed by atoms with E-state index in [0.29, 0.717) is 68.3 Å². The molecule has 0 saturated carbocycles. The van der Waals surface area contributed by atoms with Crippen LogP contribution in [0, 0.1) is 11.7 Å². The molecule has 1 aromatic carbocycles. The Morgan fingerprint density at radius 3 is 2.45 bits per heavy atom. The van der Waals surface area contributed by atoms with Crippen molar-refractivity contribution in [2.24, 2.45) is 11.7 Å². The highest BCUT2D eigenvalue weighted by Gasteiger charge is 2.34. The zero-order valence-electron chi connectivity index (χ0n) is 22.3. The lowest BCUT2D eigenvalue weighted by molar-refractivity contribution is -0.121. The maximum atomic E-state index is 14.9. The van der Waals surface area contributed by atoms with Crippen LogP contribution in [0.2, 0.25) is 0 Å². The van der Waals surface area contributed by atoms with E-state index < -0.39 is 29.3 Å². The van der Waals surface area contributed by atoms with Gasteiger partial charge in [0.05, 0.1) is 24.1 Å². The minimum atomic E-state index is -1.10. The van der Waals surface area contributed by atoms with E-state index in [2.05, 4.69) is 9.88 Å². The average molecular weight is 529 g/mol. The third kappa shape index (κ3) is 6.49. The Labute approximate surface area is 223 Å². The number of aromatic nitrogens is 1. The summed E-state index contributed by atoms with van der Waals surface area (Å²) in [6.07, 6.45) is 5.79. The molecule has 2 N–H and O–H groups in total. The number of nitrogens with two attached hydrogens (primary N) is 1. The molecule has 2 amide bonds. The van der Waals surface area contributed by atoms with Crippen LogP contribution in [0.4, 0.5) is 8.78 Å². The van der Waals surface area contributed by atoms with E-state index in [0.717, 1.165) is 25.9 Å². The Bertz CT molecular complexity index is 1120. The van der Waals surface area contributed by atoms with E-state index in [1.165, 1.54) is 17.0 Å². The molecule has 7 nitrogen and oxygen atoms in total. The van der Waals surface area contributed by atoms with Crippen LogP contribution in [-0.2, 0) is 4.79 Å². The number of likely N-dealkylation sites (tertiary alicyclic amines) is 2. The first-order valence-corrected chi connectivity index (χ1v) is 13.6. The Morgan fingerprint density at radius 1 is 1.11 bits per heavy atom. The van der Waals surface area contributed by atoms with Gasteiger partial charge in [0.15, 0.2) is 0 Å². The molecule has 1 atom stereocenters. The van der Waals surface area contributed by atoms with Crippen molar-refractivity contribution in [1.82, 2.24) is 14.8 Å². The molecule has 2 aromatic rings. The Morgan fingerprint density at radius 2 is 1.84 bits per heavy atom. The first kappa shape index (κ1) is 28.0. The molecule has 0 spiro atoms. The van der Waals surface area contributed by atoms with Gasteiger partial charge in [0.2, 0.25) is 5.91 Å². The van der Waals surface area contributed by atoms with E-state index in [4.69, 9.17) is 10.5 Å². The van der Waals surface area contributed by atoms with E-state index in [9.17, 15) is 18.4 Å². The Balaban J connectivity index is 1.30. The van der Waals surface area contributed by atoms with Gasteiger partial charge in [-0.25, -0.2) is 8.78 Å². The molecule has 0 bridgehead atoms. The lowest BCUT2D eigenvalue weighted by Gasteiger charge is -2.36. The minimum absolute atomic E-state index is 0.0884. The predicted molar refractivity (Wildman–Crippen MR) is 142 cm³/mol. The summed E-state index contributed by atoms with van der Waals surface area (Å²) in [7, 11) is 0. The molecule has 2 aliphatic heterocycles. The number of alkyl halides is 1. The smallest absolute Gasteiger partial charge is 0.257 e. The molecule has 2 fully saturated rings. The number of carbonyl (C=O) groups excluding carboxylic acids is 2. The fourth-order valence-corrected chi connectivity index (χ4v) is 5.34. The van der Waals surface area contributed by atoms with Crippen LogP contribution in [0.1, 0.15) is 62.7 Å². The third-order valence-corrected chi connectivity index (χ3v) is 8.04. The van der Waals surface area contributed by atoms with Gasteiger partial charge in [-0.05, 0) is 81.8 Å². The largest absolute Gasteiger partial charge is 0.492 e. The van der Waals surface area contributed by atoms with E-state index in [1.807, 2.05) is 13.8 Å². The number of hydrogen-bond donors (Lipinski definition) is 1. The molecule has 0 aliphatic carbocycles. The first-order valence-electron chi connectivity index (χ1n) is 13.6. The first-order chi connectivity index (χ1) is 18.2. The normalized spacial score (nSPS) is 19.1. The molecular formula is C29H38F2N4O3. The molecule has 0 radical (unpaired) electrons. The van der Waals surface area contributed by atoms with Gasteiger partial charge in [-0.2, -0.15) is 0 Å². The van der Waals surface area contributed by atoms with Gasteiger partial charge in [-0.3, -0.25) is 14.6 Å². The van der Waals surface area contributed by atoms with Crippen molar-refractivity contribution in [2.75, 3.05) is 32.8 Å². The molecule has 206 valence electrons. The van der Waals surface area contributed by atoms with E-state index in [1.54, 1.807) is 24.4 Å². The minimum Gasteiger partial charge on any atom is -0.492 e. The maximum absolute atomic E-state index is 14.9. The number of primary amides is 1. The van der Waals surface area contributed by atoms with Crippen LogP contribution in [0.25, 0.3) is 11.3 Å². The number of nitrogens with zero attached hydrogens (tertiary/aromatic N) is 3. The number of amides is 2. The average Bonchev–Trinajstić information content (AvgIpc) is 3.43. The van der Waals surface area contributed by atoms with Crippen molar-refractivity contribution >= 4 is 11.8 Å². The molecule has 1 aromatic heterocycles. The number of pyridine rings is 1. The van der Waals surface area contributed by atoms with Crippen LogP contribution in [-0.4, -0.2) is 71.1 Å². The second-order valence-electron chi connectivity index (χ2n) is 10.5. The lowest BCUT2D eigenvalue weighted by atomic mass is 9.94. The number of ether oxygens (including phenoxy) is 1. The number of hydrogen-bond acceptors (Lipinski definition) is 5. The SMILES string of the molecule is CCC(F)(CC)CN1CCC(COc2ccc(-c3ccc(C(=O)N4CCCC4C(N)=O)c(F)c3)nc2)CC1. The van der Waals surface area contributed by atoms with Crippen molar-refractivity contribution in [3.8, 4) is 17.0 Å². The second kappa shape index (κ2) is 12.2. The fourth-order valence-electron chi connectivity index (χ4n) is 5.34. The highest BCUT2D eigenvalue weighted by atomic mass is 19.1. The third-order valence-electron chi connectivity index (χ3n) is 8.04. The molecule has 1 unspecified atom stereocenters. The van der Waals surface area contributed by atoms with Gasteiger partial charge in [-0.1, -0.05) is 19.9 Å². The van der Waals surface area contributed by atoms with Crippen molar-refractivity contribution < 1.29 is 23.1 Å². The van der Waals surface area contributed by atoms with Crippen LogP contribution >= 0.6 is 0 Å². The van der Waals surface area contributed by atoms with Gasteiger partial charge < -0.3 is 20.3 Å². The molecule has 3 heterocycles. The van der Waals surface area contributed by atoms with Gasteiger partial charge in [0.25, 0.3) is 5.91 Å². The number of piperidine rings is 1. The van der Waals surface area contributed by atoms with Gasteiger partial charge in [-0.15, -0.1) is 0 Å². The van der Waals surface area contributed by atoms with Gasteiger partial charge in [0.1, 0.15) is 23.3 Å². The Hall–Kier alpha value is -3.07. The lowest BCUT2D eigenvalue weighted by Crippen LogP contribution is -2.44. The summed E-state index contributed by atoms with van der Waals surface area (Å²) in [5.74, 6) is -0.727. The zero-order chi connectivity index (χ0) is 27.3. The fraction of sp³-hybridized carbons (Fsp3) is 0.552. The summed E-state index contributed by atoms with van der Waals surface area (Å²) >= 11 is 0. The number of carbonyl (C=O) groups is 2. The zero-order valence-corrected chi connectivity index (χ0v) is 22.3. The topological polar surface area (TPSA) is 88.8 Å². The van der Waals surface area contributed by atoms with Crippen molar-refractivity contribution in [3.05, 3.63) is 47.9 Å². The number of benzene rings is 1. The van der Waals surface area contributed by atoms with Crippen molar-refractivity contribution in [1.29, 1.82) is 0 Å². The molecule has 9 heteroatoms. The quantitative estimate of drug-likeness (QED) is 0.487. The molecule has 2 aliphatic rings. The van der Waals surface area contributed by atoms with E-state index in [-0.39, 0.29) is 5.56 Å². The Kier molecular flexibility index (Phi) is 8.97. The van der Waals surface area contributed by atoms with Crippen LogP contribution in [0.5, 0.6) is 5.75 Å². The second-order valence-corrected chi connectivity index (χ2v) is 10.5. The van der Waals surface area contributed by atoms with Crippen molar-refractivity contribution in [2.45, 2.75) is 64.1 Å². The highest BCUT2D eigenvalue weighted by Crippen LogP contribution is 2.28. The molecular weight excluding hydrogens is 490 g/mol. The monoisotopic (exact) mass is 528 g/mol. The van der Waals surface area contributed by atoms with Crippen molar-refractivity contribution in [3.63, 3.8) is 0 Å². The molecule has 4 rings (SSSR count). The summed E-state index contributed by atoms with van der Waals surface area (Å²) in [4.78, 5) is 32.4. The van der Waals surface area contributed by atoms with E-state index >= 15 is 0 Å². The highest BCUT2D eigenvalue weighted by molar-refractivity contribution is 5.98. The molecule has 38 heavy (non-hydrogen) atoms.